The molecule has 1 aromatic rings. The second kappa shape index (κ2) is 7.49. The first-order valence-electron chi connectivity index (χ1n) is 8.10. The zero-order chi connectivity index (χ0) is 15.4. The van der Waals surface area contributed by atoms with Crippen LogP contribution in [0.5, 0.6) is 0 Å². The van der Waals surface area contributed by atoms with Gasteiger partial charge in [-0.05, 0) is 37.0 Å². The van der Waals surface area contributed by atoms with Crippen LogP contribution in [-0.2, 0) is 11.3 Å². The number of hydrogen-bond acceptors (Lipinski definition) is 4. The highest BCUT2D eigenvalue weighted by atomic mass is 32.2. The number of thioether (sulfide) groups is 1. The molecule has 4 nitrogen and oxygen atoms in total. The Bertz CT molecular complexity index is 517. The van der Waals surface area contributed by atoms with Crippen molar-refractivity contribution in [1.29, 1.82) is 0 Å². The van der Waals surface area contributed by atoms with Crippen LogP contribution in [0.3, 0.4) is 0 Å². The molecule has 0 radical (unpaired) electrons. The van der Waals surface area contributed by atoms with E-state index in [1.54, 1.807) is 0 Å². The van der Waals surface area contributed by atoms with Crippen LogP contribution in [0.15, 0.2) is 24.3 Å². The summed E-state index contributed by atoms with van der Waals surface area (Å²) in [7, 11) is 0. The molecular weight excluding hydrogens is 296 g/mol. The van der Waals surface area contributed by atoms with Gasteiger partial charge >= 0.3 is 0 Å². The maximum Gasteiger partial charge on any atom is 0.230 e. The zero-order valence-corrected chi connectivity index (χ0v) is 13.6. The fraction of sp³-hybridized carbons (Fsp3) is 0.588. The van der Waals surface area contributed by atoms with E-state index in [2.05, 4.69) is 22.3 Å². The summed E-state index contributed by atoms with van der Waals surface area (Å²) in [4.78, 5) is 14.7. The van der Waals surface area contributed by atoms with Gasteiger partial charge in [0.15, 0.2) is 0 Å². The third-order valence-corrected chi connectivity index (χ3v) is 5.46. The normalized spacial score (nSPS) is 26.0. The Kier molecular flexibility index (Phi) is 5.39. The number of rotatable bonds is 4. The Labute approximate surface area is 136 Å². The van der Waals surface area contributed by atoms with Gasteiger partial charge in [-0.3, -0.25) is 9.69 Å². The summed E-state index contributed by atoms with van der Waals surface area (Å²) in [6.45, 7) is 3.21. The topological polar surface area (TPSA) is 52.6 Å². The molecule has 1 aliphatic heterocycles. The van der Waals surface area contributed by atoms with Crippen LogP contribution in [0.4, 0.5) is 5.69 Å². The lowest BCUT2D eigenvalue weighted by Gasteiger charge is -2.26. The van der Waals surface area contributed by atoms with Gasteiger partial charge in [0.05, 0.1) is 12.0 Å². The number of aliphatic hydroxyl groups excluding tert-OH is 1. The number of carbonyl (C=O) groups excluding carboxylic acids is 1. The molecule has 2 atom stereocenters. The van der Waals surface area contributed by atoms with E-state index in [9.17, 15) is 9.90 Å². The van der Waals surface area contributed by atoms with Crippen molar-refractivity contribution in [3.63, 3.8) is 0 Å². The molecule has 2 N–H and O–H groups in total. The van der Waals surface area contributed by atoms with E-state index >= 15 is 0 Å². The lowest BCUT2D eigenvalue weighted by molar-refractivity contribution is -0.122. The Balaban J connectivity index is 1.59. The molecule has 0 spiro atoms. The molecule has 1 saturated heterocycles. The number of aliphatic hydroxyl groups is 1. The Hall–Kier alpha value is -1.04. The smallest absolute Gasteiger partial charge is 0.230 e. The van der Waals surface area contributed by atoms with Crippen molar-refractivity contribution in [3.8, 4) is 0 Å². The van der Waals surface area contributed by atoms with E-state index in [1.807, 2.05) is 23.9 Å². The van der Waals surface area contributed by atoms with Crippen LogP contribution in [0, 0.1) is 5.92 Å². The molecule has 0 bridgehead atoms. The Morgan fingerprint density at radius 2 is 2.14 bits per heavy atom. The molecule has 1 amide bonds. The predicted molar refractivity (Wildman–Crippen MR) is 91.0 cm³/mol. The first-order valence-corrected chi connectivity index (χ1v) is 9.26. The van der Waals surface area contributed by atoms with Crippen LogP contribution in [0.2, 0.25) is 0 Å². The molecular formula is C17H24N2O2S. The van der Waals surface area contributed by atoms with Gasteiger partial charge in [0.2, 0.25) is 5.91 Å². The molecule has 1 saturated carbocycles. The van der Waals surface area contributed by atoms with Crippen molar-refractivity contribution in [3.05, 3.63) is 29.8 Å². The average Bonchev–Trinajstić information content (AvgIpc) is 2.95. The van der Waals surface area contributed by atoms with Crippen molar-refractivity contribution in [2.75, 3.05) is 29.9 Å². The Morgan fingerprint density at radius 3 is 2.86 bits per heavy atom. The van der Waals surface area contributed by atoms with Gasteiger partial charge in [-0.2, -0.15) is 11.8 Å². The summed E-state index contributed by atoms with van der Waals surface area (Å²) >= 11 is 2.01. The number of nitrogens with one attached hydrogen (secondary N) is 1. The van der Waals surface area contributed by atoms with Gasteiger partial charge in [-0.1, -0.05) is 12.1 Å². The van der Waals surface area contributed by atoms with Crippen LogP contribution in [0.25, 0.3) is 0 Å². The first kappa shape index (κ1) is 15.8. The fourth-order valence-corrected chi connectivity index (χ4v) is 4.22. The lowest BCUT2D eigenvalue weighted by Crippen LogP contribution is -2.32. The molecule has 2 aliphatic rings. The van der Waals surface area contributed by atoms with Gasteiger partial charge < -0.3 is 10.4 Å². The van der Waals surface area contributed by atoms with Crippen LogP contribution < -0.4 is 5.32 Å². The summed E-state index contributed by atoms with van der Waals surface area (Å²) in [5.41, 5.74) is 2.07. The monoisotopic (exact) mass is 320 g/mol. The van der Waals surface area contributed by atoms with Crippen molar-refractivity contribution in [2.45, 2.75) is 31.9 Å². The van der Waals surface area contributed by atoms with Crippen LogP contribution >= 0.6 is 11.8 Å². The van der Waals surface area contributed by atoms with E-state index in [0.717, 1.165) is 44.6 Å². The van der Waals surface area contributed by atoms with E-state index in [1.165, 1.54) is 17.1 Å². The zero-order valence-electron chi connectivity index (χ0n) is 12.8. The summed E-state index contributed by atoms with van der Waals surface area (Å²) in [6.07, 6.45) is 1.99. The maximum absolute atomic E-state index is 12.2. The van der Waals surface area contributed by atoms with Gasteiger partial charge in [0.1, 0.15) is 0 Å². The number of hydrogen-bond donors (Lipinski definition) is 2. The second-order valence-corrected chi connectivity index (χ2v) is 7.41. The average molecular weight is 320 g/mol. The van der Waals surface area contributed by atoms with Crippen LogP contribution in [-0.4, -0.2) is 46.6 Å². The number of nitrogens with zero attached hydrogens (tertiary/aromatic N) is 1. The molecule has 120 valence electrons. The minimum absolute atomic E-state index is 0.0449. The fourth-order valence-electron chi connectivity index (χ4n) is 3.25. The molecule has 3 rings (SSSR count). The number of carbonyl (C=O) groups is 1. The van der Waals surface area contributed by atoms with Crippen LogP contribution in [0.1, 0.15) is 24.8 Å². The van der Waals surface area contributed by atoms with Crippen molar-refractivity contribution < 1.29 is 9.90 Å². The van der Waals surface area contributed by atoms with Gasteiger partial charge in [0.25, 0.3) is 0 Å². The van der Waals surface area contributed by atoms with Crippen molar-refractivity contribution >= 4 is 23.4 Å². The molecule has 2 fully saturated rings. The van der Waals surface area contributed by atoms with Gasteiger partial charge in [-0.25, -0.2) is 0 Å². The van der Waals surface area contributed by atoms with E-state index < -0.39 is 6.10 Å². The predicted octanol–water partition coefficient (Wildman–Crippen LogP) is 2.33. The molecule has 1 aliphatic carbocycles. The summed E-state index contributed by atoms with van der Waals surface area (Å²) in [5.74, 6) is 2.12. The third kappa shape index (κ3) is 4.03. The largest absolute Gasteiger partial charge is 0.392 e. The second-order valence-electron chi connectivity index (χ2n) is 6.18. The molecule has 0 aromatic heterocycles. The van der Waals surface area contributed by atoms with E-state index in [0.29, 0.717) is 0 Å². The van der Waals surface area contributed by atoms with Gasteiger partial charge in [-0.15, -0.1) is 0 Å². The van der Waals surface area contributed by atoms with Crippen molar-refractivity contribution in [2.24, 2.45) is 5.92 Å². The third-order valence-electron chi connectivity index (χ3n) is 4.52. The quantitative estimate of drug-likeness (QED) is 0.894. The first-order chi connectivity index (χ1) is 10.7. The van der Waals surface area contributed by atoms with E-state index in [-0.39, 0.29) is 11.8 Å². The minimum Gasteiger partial charge on any atom is -0.392 e. The van der Waals surface area contributed by atoms with E-state index in [4.69, 9.17) is 0 Å². The highest BCUT2D eigenvalue weighted by molar-refractivity contribution is 7.99. The Morgan fingerprint density at radius 1 is 1.32 bits per heavy atom. The standard InChI is InChI=1S/C17H24N2O2S/c20-16-6-2-5-15(16)17(21)18-14-4-1-3-13(11-14)12-19-7-9-22-10-8-19/h1,3-4,11,15-16,20H,2,5-10,12H2,(H,18,21). The minimum atomic E-state index is -0.478. The number of anilines is 1. The van der Waals surface area contributed by atoms with Gasteiger partial charge in [0, 0.05) is 36.8 Å². The highest BCUT2D eigenvalue weighted by Crippen LogP contribution is 2.27. The molecule has 22 heavy (non-hydrogen) atoms. The summed E-state index contributed by atoms with van der Waals surface area (Å²) < 4.78 is 0. The van der Waals surface area contributed by atoms with Crippen molar-refractivity contribution in [1.82, 2.24) is 4.90 Å². The molecule has 5 heteroatoms. The number of benzene rings is 1. The molecule has 2 unspecified atom stereocenters. The summed E-state index contributed by atoms with van der Waals surface area (Å²) in [6, 6.07) is 8.09. The number of amides is 1. The maximum atomic E-state index is 12.2. The highest BCUT2D eigenvalue weighted by Gasteiger charge is 2.31. The lowest BCUT2D eigenvalue weighted by atomic mass is 10.0. The SMILES string of the molecule is O=C(Nc1cccc(CN2CCSCC2)c1)C1CCCC1O. The molecule has 1 heterocycles. The molecule has 1 aromatic carbocycles. The summed E-state index contributed by atoms with van der Waals surface area (Å²) in [5, 5.41) is 12.8.